The Balaban J connectivity index is 1.48. The standard InChI is InChI=1S/C14H20N6O/c1-10-7-12(18-19(10)2)17-14(21)16-8-11-3-4-13-15-5-6-20(13)9-11/h5-7,11H,3-4,8-9H2,1-2H3,(H2,16,17,18,21)/t11-/m0/s1. The van der Waals surface area contributed by atoms with E-state index in [1.54, 1.807) is 4.68 Å². The van der Waals surface area contributed by atoms with Gasteiger partial charge in [-0.05, 0) is 19.3 Å². The Hall–Kier alpha value is -2.31. The smallest absolute Gasteiger partial charge is 0.320 e. The number of imidazole rings is 1. The molecule has 0 saturated heterocycles. The zero-order valence-corrected chi connectivity index (χ0v) is 12.3. The Labute approximate surface area is 123 Å². The van der Waals surface area contributed by atoms with Crippen molar-refractivity contribution in [1.29, 1.82) is 0 Å². The van der Waals surface area contributed by atoms with E-state index in [9.17, 15) is 4.79 Å². The third-order valence-electron chi connectivity index (χ3n) is 3.94. The van der Waals surface area contributed by atoms with Gasteiger partial charge in [0.05, 0.1) is 0 Å². The quantitative estimate of drug-likeness (QED) is 0.894. The predicted octanol–water partition coefficient (Wildman–Crippen LogP) is 1.31. The molecule has 0 aliphatic carbocycles. The van der Waals surface area contributed by atoms with Gasteiger partial charge in [0, 0.05) is 50.7 Å². The molecule has 0 bridgehead atoms. The van der Waals surface area contributed by atoms with E-state index in [1.165, 1.54) is 0 Å². The van der Waals surface area contributed by atoms with Gasteiger partial charge in [-0.15, -0.1) is 0 Å². The molecule has 0 fully saturated rings. The van der Waals surface area contributed by atoms with E-state index in [0.29, 0.717) is 18.3 Å². The highest BCUT2D eigenvalue weighted by molar-refractivity contribution is 5.88. The van der Waals surface area contributed by atoms with Crippen molar-refractivity contribution in [3.05, 3.63) is 30.0 Å². The van der Waals surface area contributed by atoms with Crippen LogP contribution in [-0.4, -0.2) is 31.9 Å². The van der Waals surface area contributed by atoms with Crippen molar-refractivity contribution < 1.29 is 4.79 Å². The Morgan fingerprint density at radius 2 is 2.38 bits per heavy atom. The topological polar surface area (TPSA) is 76.8 Å². The van der Waals surface area contributed by atoms with E-state index in [2.05, 4.69) is 25.3 Å². The van der Waals surface area contributed by atoms with Crippen LogP contribution < -0.4 is 10.6 Å². The first-order valence-electron chi connectivity index (χ1n) is 7.17. The Morgan fingerprint density at radius 3 is 3.14 bits per heavy atom. The second-order valence-electron chi connectivity index (χ2n) is 5.53. The van der Waals surface area contributed by atoms with Crippen LogP contribution in [0, 0.1) is 12.8 Å². The monoisotopic (exact) mass is 288 g/mol. The van der Waals surface area contributed by atoms with Crippen molar-refractivity contribution in [3.8, 4) is 0 Å². The maximum absolute atomic E-state index is 11.9. The van der Waals surface area contributed by atoms with Crippen LogP contribution in [0.5, 0.6) is 0 Å². The number of amides is 2. The first-order valence-corrected chi connectivity index (χ1v) is 7.17. The average Bonchev–Trinajstić information content (AvgIpc) is 3.03. The number of urea groups is 1. The molecule has 2 amide bonds. The number of anilines is 1. The molecular weight excluding hydrogens is 268 g/mol. The molecular formula is C14H20N6O. The highest BCUT2D eigenvalue weighted by Crippen LogP contribution is 2.17. The summed E-state index contributed by atoms with van der Waals surface area (Å²) in [6, 6.07) is 1.64. The number of nitrogens with zero attached hydrogens (tertiary/aromatic N) is 4. The van der Waals surface area contributed by atoms with Gasteiger partial charge < -0.3 is 9.88 Å². The maximum atomic E-state index is 11.9. The first-order chi connectivity index (χ1) is 10.1. The summed E-state index contributed by atoms with van der Waals surface area (Å²) in [6.07, 6.45) is 5.86. The molecule has 0 radical (unpaired) electrons. The second kappa shape index (κ2) is 5.59. The molecule has 0 spiro atoms. The van der Waals surface area contributed by atoms with Gasteiger partial charge in [0.15, 0.2) is 5.82 Å². The van der Waals surface area contributed by atoms with Crippen molar-refractivity contribution in [3.63, 3.8) is 0 Å². The van der Waals surface area contributed by atoms with Crippen molar-refractivity contribution in [2.45, 2.75) is 26.3 Å². The lowest BCUT2D eigenvalue weighted by molar-refractivity contribution is 0.247. The van der Waals surface area contributed by atoms with E-state index in [-0.39, 0.29) is 6.03 Å². The second-order valence-corrected chi connectivity index (χ2v) is 5.53. The van der Waals surface area contributed by atoms with Crippen molar-refractivity contribution in [2.24, 2.45) is 13.0 Å². The van der Waals surface area contributed by atoms with Gasteiger partial charge in [-0.1, -0.05) is 0 Å². The number of aryl methyl sites for hydroxylation is 3. The van der Waals surface area contributed by atoms with E-state index >= 15 is 0 Å². The van der Waals surface area contributed by atoms with E-state index < -0.39 is 0 Å². The van der Waals surface area contributed by atoms with Gasteiger partial charge in [-0.25, -0.2) is 9.78 Å². The summed E-state index contributed by atoms with van der Waals surface area (Å²) in [5, 5.41) is 9.88. The fraction of sp³-hybridized carbons (Fsp3) is 0.500. The van der Waals surface area contributed by atoms with Gasteiger partial charge >= 0.3 is 6.03 Å². The molecule has 112 valence electrons. The molecule has 1 atom stereocenters. The zero-order chi connectivity index (χ0) is 14.8. The summed E-state index contributed by atoms with van der Waals surface area (Å²) >= 11 is 0. The molecule has 1 aliphatic rings. The van der Waals surface area contributed by atoms with E-state index in [4.69, 9.17) is 0 Å². The third kappa shape index (κ3) is 3.07. The molecule has 0 aromatic carbocycles. The molecule has 3 heterocycles. The number of aromatic nitrogens is 4. The molecule has 0 saturated carbocycles. The SMILES string of the molecule is Cc1cc(NC(=O)NC[C@@H]2CCc3nccn3C2)nn1C. The average molecular weight is 288 g/mol. The Morgan fingerprint density at radius 1 is 1.52 bits per heavy atom. The number of nitrogens with one attached hydrogen (secondary N) is 2. The van der Waals surface area contributed by atoms with Crippen LogP contribution in [0.25, 0.3) is 0 Å². The highest BCUT2D eigenvalue weighted by Gasteiger charge is 2.19. The van der Waals surface area contributed by atoms with Crippen molar-refractivity contribution in [2.75, 3.05) is 11.9 Å². The predicted molar refractivity (Wildman–Crippen MR) is 79.0 cm³/mol. The molecule has 2 aromatic heterocycles. The van der Waals surface area contributed by atoms with Gasteiger partial charge in [0.1, 0.15) is 5.82 Å². The van der Waals surface area contributed by atoms with Crippen molar-refractivity contribution >= 4 is 11.8 Å². The van der Waals surface area contributed by atoms with Gasteiger partial charge in [0.2, 0.25) is 0 Å². The number of hydrogen-bond donors (Lipinski definition) is 2. The molecule has 2 aromatic rings. The lowest BCUT2D eigenvalue weighted by Crippen LogP contribution is -2.36. The fourth-order valence-corrected chi connectivity index (χ4v) is 2.62. The molecule has 7 heteroatoms. The summed E-state index contributed by atoms with van der Waals surface area (Å²) in [5.41, 5.74) is 1.00. The number of fused-ring (bicyclic) bond motifs is 1. The van der Waals surface area contributed by atoms with Crippen LogP contribution in [0.15, 0.2) is 18.5 Å². The van der Waals surface area contributed by atoms with Crippen LogP contribution in [0.4, 0.5) is 10.6 Å². The summed E-state index contributed by atoms with van der Waals surface area (Å²) in [6.45, 7) is 3.52. The minimum Gasteiger partial charge on any atom is -0.337 e. The van der Waals surface area contributed by atoms with Crippen LogP contribution in [-0.2, 0) is 20.0 Å². The normalized spacial score (nSPS) is 17.3. The van der Waals surface area contributed by atoms with Gasteiger partial charge in [0.25, 0.3) is 0 Å². The number of rotatable bonds is 3. The first kappa shape index (κ1) is 13.7. The van der Waals surface area contributed by atoms with Crippen molar-refractivity contribution in [1.82, 2.24) is 24.6 Å². The molecule has 7 nitrogen and oxygen atoms in total. The van der Waals surface area contributed by atoms with Crippen LogP contribution >= 0.6 is 0 Å². The number of hydrogen-bond acceptors (Lipinski definition) is 3. The Bertz CT molecular complexity index is 624. The van der Waals surface area contributed by atoms with Crippen LogP contribution in [0.1, 0.15) is 17.9 Å². The fourth-order valence-electron chi connectivity index (χ4n) is 2.62. The lowest BCUT2D eigenvalue weighted by atomic mass is 9.99. The summed E-state index contributed by atoms with van der Waals surface area (Å²) in [4.78, 5) is 16.2. The number of carbonyl (C=O) groups is 1. The van der Waals surface area contributed by atoms with E-state index in [0.717, 1.165) is 30.9 Å². The zero-order valence-electron chi connectivity index (χ0n) is 12.3. The Kier molecular flexibility index (Phi) is 3.64. The molecule has 2 N–H and O–H groups in total. The summed E-state index contributed by atoms with van der Waals surface area (Å²) in [7, 11) is 1.85. The maximum Gasteiger partial charge on any atom is 0.320 e. The largest absolute Gasteiger partial charge is 0.337 e. The molecule has 0 unspecified atom stereocenters. The summed E-state index contributed by atoms with van der Waals surface area (Å²) < 4.78 is 3.90. The highest BCUT2D eigenvalue weighted by atomic mass is 16.2. The molecule has 3 rings (SSSR count). The third-order valence-corrected chi connectivity index (χ3v) is 3.94. The van der Waals surface area contributed by atoms with Gasteiger partial charge in [-0.2, -0.15) is 5.10 Å². The summed E-state index contributed by atoms with van der Waals surface area (Å²) in [5.74, 6) is 2.16. The molecule has 21 heavy (non-hydrogen) atoms. The number of carbonyl (C=O) groups excluding carboxylic acids is 1. The van der Waals surface area contributed by atoms with E-state index in [1.807, 2.05) is 32.4 Å². The van der Waals surface area contributed by atoms with Crippen LogP contribution in [0.2, 0.25) is 0 Å². The van der Waals surface area contributed by atoms with Crippen LogP contribution in [0.3, 0.4) is 0 Å². The minimum absolute atomic E-state index is 0.204. The minimum atomic E-state index is -0.204. The van der Waals surface area contributed by atoms with Gasteiger partial charge in [-0.3, -0.25) is 10.00 Å². The lowest BCUT2D eigenvalue weighted by Gasteiger charge is -2.23. The molecule has 1 aliphatic heterocycles.